The molecular weight excluding hydrogens is 320 g/mol. The molecule has 0 spiro atoms. The molecule has 0 radical (unpaired) electrons. The number of piperidine rings is 1. The molecule has 1 aliphatic heterocycles. The first-order valence-electron chi connectivity index (χ1n) is 8.38. The molecule has 0 saturated carbocycles. The molecular formula is C17H22N6O2. The van der Waals surface area contributed by atoms with Gasteiger partial charge in [0, 0.05) is 50.9 Å². The number of amides is 1. The molecule has 1 fully saturated rings. The predicted molar refractivity (Wildman–Crippen MR) is 92.4 cm³/mol. The zero-order valence-electron chi connectivity index (χ0n) is 14.3. The summed E-state index contributed by atoms with van der Waals surface area (Å²) < 4.78 is 4.98. The van der Waals surface area contributed by atoms with Crippen LogP contribution in [0.4, 0.5) is 11.6 Å². The Balaban J connectivity index is 1.64. The second kappa shape index (κ2) is 8.48. The van der Waals surface area contributed by atoms with E-state index < -0.39 is 0 Å². The minimum absolute atomic E-state index is 0.150. The van der Waals surface area contributed by atoms with Crippen molar-refractivity contribution in [2.75, 3.05) is 32.1 Å². The van der Waals surface area contributed by atoms with Gasteiger partial charge in [0.1, 0.15) is 5.82 Å². The molecule has 1 amide bonds. The molecule has 132 valence electrons. The molecule has 0 aromatic carbocycles. The second-order valence-electron chi connectivity index (χ2n) is 5.90. The summed E-state index contributed by atoms with van der Waals surface area (Å²) in [6.07, 6.45) is 10.4. The summed E-state index contributed by atoms with van der Waals surface area (Å²) in [5, 5.41) is 3.19. The summed E-state index contributed by atoms with van der Waals surface area (Å²) in [7, 11) is 1.61. The maximum absolute atomic E-state index is 12.1. The van der Waals surface area contributed by atoms with E-state index in [9.17, 15) is 4.79 Å². The Labute approximate surface area is 146 Å². The summed E-state index contributed by atoms with van der Waals surface area (Å²) in [6, 6.07) is 0. The molecule has 0 unspecified atom stereocenters. The van der Waals surface area contributed by atoms with E-state index in [1.807, 2.05) is 4.90 Å². The zero-order valence-corrected chi connectivity index (χ0v) is 14.3. The maximum atomic E-state index is 12.1. The smallest absolute Gasteiger partial charge is 0.224 e. The van der Waals surface area contributed by atoms with Gasteiger partial charge in [-0.05, 0) is 12.8 Å². The van der Waals surface area contributed by atoms with Crippen LogP contribution in [0.5, 0.6) is 0 Å². The van der Waals surface area contributed by atoms with Crippen molar-refractivity contribution in [2.24, 2.45) is 0 Å². The molecule has 0 aliphatic carbocycles. The molecule has 3 rings (SSSR count). The molecule has 1 aliphatic rings. The van der Waals surface area contributed by atoms with Crippen molar-refractivity contribution in [3.05, 3.63) is 36.7 Å². The van der Waals surface area contributed by atoms with Crippen LogP contribution >= 0.6 is 0 Å². The number of anilines is 2. The molecule has 1 saturated heterocycles. The van der Waals surface area contributed by atoms with Crippen molar-refractivity contribution >= 4 is 17.5 Å². The maximum Gasteiger partial charge on any atom is 0.224 e. The lowest BCUT2D eigenvalue weighted by molar-refractivity contribution is -0.133. The third-order valence-electron chi connectivity index (χ3n) is 4.29. The Morgan fingerprint density at radius 3 is 2.68 bits per heavy atom. The van der Waals surface area contributed by atoms with Gasteiger partial charge in [-0.3, -0.25) is 14.8 Å². The summed E-state index contributed by atoms with van der Waals surface area (Å²) >= 11 is 0. The molecule has 1 N–H and O–H groups in total. The summed E-state index contributed by atoms with van der Waals surface area (Å²) in [6.45, 7) is 1.93. The number of nitrogens with one attached hydrogen (secondary N) is 1. The van der Waals surface area contributed by atoms with Crippen LogP contribution in [-0.2, 0) is 9.53 Å². The minimum atomic E-state index is 0.150. The topological polar surface area (TPSA) is 93.1 Å². The number of likely N-dealkylation sites (tertiary alicyclic amines) is 1. The molecule has 3 heterocycles. The van der Waals surface area contributed by atoms with Crippen LogP contribution in [0.15, 0.2) is 31.0 Å². The van der Waals surface area contributed by atoms with E-state index in [1.54, 1.807) is 38.1 Å². The average molecular weight is 342 g/mol. The van der Waals surface area contributed by atoms with Crippen LogP contribution in [0.25, 0.3) is 0 Å². The van der Waals surface area contributed by atoms with E-state index in [0.717, 1.165) is 31.6 Å². The highest BCUT2D eigenvalue weighted by Crippen LogP contribution is 2.31. The Morgan fingerprint density at radius 1 is 1.20 bits per heavy atom. The zero-order chi connectivity index (χ0) is 17.5. The lowest BCUT2D eigenvalue weighted by atomic mass is 9.93. The number of methoxy groups -OCH3 is 1. The average Bonchev–Trinajstić information content (AvgIpc) is 2.67. The highest BCUT2D eigenvalue weighted by molar-refractivity contribution is 5.76. The Bertz CT molecular complexity index is 689. The van der Waals surface area contributed by atoms with Gasteiger partial charge in [-0.1, -0.05) is 0 Å². The largest absolute Gasteiger partial charge is 0.384 e. The van der Waals surface area contributed by atoms with E-state index in [0.29, 0.717) is 24.7 Å². The fourth-order valence-electron chi connectivity index (χ4n) is 2.98. The summed E-state index contributed by atoms with van der Waals surface area (Å²) in [4.78, 5) is 31.2. The van der Waals surface area contributed by atoms with Crippen LogP contribution in [-0.4, -0.2) is 57.5 Å². The number of carbonyl (C=O) groups excluding carboxylic acids is 1. The number of aromatic nitrogens is 4. The predicted octanol–water partition coefficient (Wildman–Crippen LogP) is 1.75. The van der Waals surface area contributed by atoms with Crippen LogP contribution in [0.3, 0.4) is 0 Å². The Morgan fingerprint density at radius 2 is 1.96 bits per heavy atom. The number of carbonyl (C=O) groups is 1. The molecule has 0 bridgehead atoms. The van der Waals surface area contributed by atoms with Gasteiger partial charge in [0.15, 0.2) is 5.82 Å². The fraction of sp³-hybridized carbons (Fsp3) is 0.471. The van der Waals surface area contributed by atoms with E-state index in [-0.39, 0.29) is 11.8 Å². The van der Waals surface area contributed by atoms with Gasteiger partial charge in [0.05, 0.1) is 24.9 Å². The lowest BCUT2D eigenvalue weighted by Gasteiger charge is -2.32. The van der Waals surface area contributed by atoms with Crippen molar-refractivity contribution in [3.63, 3.8) is 0 Å². The first-order chi connectivity index (χ1) is 12.3. The third kappa shape index (κ3) is 4.48. The van der Waals surface area contributed by atoms with Gasteiger partial charge >= 0.3 is 0 Å². The standard InChI is InChI=1S/C17H22N6O2/c1-25-11-4-15(24)23-9-2-13(3-10-23)16-17(21-8-7-20-16)22-14-12-18-5-6-19-14/h5-8,12-13H,2-4,9-11H2,1H3,(H,19,21,22). The highest BCUT2D eigenvalue weighted by Gasteiger charge is 2.26. The lowest BCUT2D eigenvalue weighted by Crippen LogP contribution is -2.38. The Hall–Kier alpha value is -2.61. The second-order valence-corrected chi connectivity index (χ2v) is 5.90. The summed E-state index contributed by atoms with van der Waals surface area (Å²) in [5.41, 5.74) is 0.914. The number of hydrogen-bond donors (Lipinski definition) is 1. The number of ether oxygens (including phenoxy) is 1. The highest BCUT2D eigenvalue weighted by atomic mass is 16.5. The van der Waals surface area contributed by atoms with E-state index in [1.165, 1.54) is 0 Å². The van der Waals surface area contributed by atoms with Crippen LogP contribution in [0, 0.1) is 0 Å². The van der Waals surface area contributed by atoms with Crippen LogP contribution < -0.4 is 5.32 Å². The van der Waals surface area contributed by atoms with Crippen molar-refractivity contribution in [2.45, 2.75) is 25.2 Å². The Kier molecular flexibility index (Phi) is 5.84. The van der Waals surface area contributed by atoms with Gasteiger partial charge in [-0.25, -0.2) is 9.97 Å². The van der Waals surface area contributed by atoms with Crippen molar-refractivity contribution < 1.29 is 9.53 Å². The van der Waals surface area contributed by atoms with Gasteiger partial charge in [-0.15, -0.1) is 0 Å². The van der Waals surface area contributed by atoms with Crippen LogP contribution in [0.1, 0.15) is 30.9 Å². The first-order valence-corrected chi connectivity index (χ1v) is 8.38. The monoisotopic (exact) mass is 342 g/mol. The fourth-order valence-corrected chi connectivity index (χ4v) is 2.98. The molecule has 2 aromatic rings. The van der Waals surface area contributed by atoms with E-state index in [2.05, 4.69) is 25.3 Å². The van der Waals surface area contributed by atoms with E-state index >= 15 is 0 Å². The van der Waals surface area contributed by atoms with Crippen molar-refractivity contribution in [1.82, 2.24) is 24.8 Å². The van der Waals surface area contributed by atoms with Gasteiger partial charge in [0.25, 0.3) is 0 Å². The van der Waals surface area contributed by atoms with Gasteiger partial charge < -0.3 is 15.0 Å². The normalized spacial score (nSPS) is 15.2. The molecule has 0 atom stereocenters. The summed E-state index contributed by atoms with van der Waals surface area (Å²) in [5.74, 6) is 1.75. The SMILES string of the molecule is COCCC(=O)N1CCC(c2nccnc2Nc2cnccn2)CC1. The van der Waals surface area contributed by atoms with Gasteiger partial charge in [-0.2, -0.15) is 0 Å². The van der Waals surface area contributed by atoms with Crippen LogP contribution in [0.2, 0.25) is 0 Å². The molecule has 8 heteroatoms. The van der Waals surface area contributed by atoms with E-state index in [4.69, 9.17) is 4.74 Å². The minimum Gasteiger partial charge on any atom is -0.384 e. The molecule has 25 heavy (non-hydrogen) atoms. The number of hydrogen-bond acceptors (Lipinski definition) is 7. The van der Waals surface area contributed by atoms with Gasteiger partial charge in [0.2, 0.25) is 5.91 Å². The molecule has 2 aromatic heterocycles. The number of nitrogens with zero attached hydrogens (tertiary/aromatic N) is 5. The quantitative estimate of drug-likeness (QED) is 0.855. The van der Waals surface area contributed by atoms with Crippen molar-refractivity contribution in [1.29, 1.82) is 0 Å². The first kappa shape index (κ1) is 17.2. The number of rotatable bonds is 6. The molecule has 8 nitrogen and oxygen atoms in total. The third-order valence-corrected chi connectivity index (χ3v) is 4.29. The van der Waals surface area contributed by atoms with Crippen molar-refractivity contribution in [3.8, 4) is 0 Å².